The Morgan fingerprint density at radius 2 is 2.09 bits per heavy atom. The van der Waals surface area contributed by atoms with Gasteiger partial charge in [0.25, 0.3) is 0 Å². The van der Waals surface area contributed by atoms with E-state index in [1.165, 1.54) is 0 Å². The second-order valence-corrected chi connectivity index (χ2v) is 5.61. The molecule has 4 heteroatoms. The number of hydrogen-bond donors (Lipinski definition) is 0. The van der Waals surface area contributed by atoms with Crippen molar-refractivity contribution in [2.75, 3.05) is 19.8 Å². The molecule has 0 saturated carbocycles. The Kier molecular flexibility index (Phi) is 4.49. The SMILES string of the molecule is C=C(C)c1ncc(-c2ccccc2OCC2CCOC2)cn1. The smallest absolute Gasteiger partial charge is 0.154 e. The number of rotatable bonds is 5. The van der Waals surface area contributed by atoms with Crippen LogP contribution in [-0.2, 0) is 4.74 Å². The Hall–Kier alpha value is -2.20. The summed E-state index contributed by atoms with van der Waals surface area (Å²) in [4.78, 5) is 8.69. The van der Waals surface area contributed by atoms with Crippen molar-refractivity contribution in [3.8, 4) is 16.9 Å². The molecule has 22 heavy (non-hydrogen) atoms. The molecule has 0 bridgehead atoms. The van der Waals surface area contributed by atoms with Gasteiger partial charge in [-0.25, -0.2) is 9.97 Å². The lowest BCUT2D eigenvalue weighted by atomic mass is 10.1. The molecule has 0 spiro atoms. The monoisotopic (exact) mass is 296 g/mol. The highest BCUT2D eigenvalue weighted by Gasteiger charge is 2.17. The van der Waals surface area contributed by atoms with Crippen LogP contribution in [0.1, 0.15) is 19.2 Å². The van der Waals surface area contributed by atoms with Gasteiger partial charge in [0.2, 0.25) is 0 Å². The van der Waals surface area contributed by atoms with E-state index in [-0.39, 0.29) is 0 Å². The maximum absolute atomic E-state index is 6.00. The molecule has 1 aliphatic heterocycles. The van der Waals surface area contributed by atoms with Gasteiger partial charge in [-0.05, 0) is 25.0 Å². The Balaban J connectivity index is 1.79. The molecule has 1 aromatic carbocycles. The van der Waals surface area contributed by atoms with Gasteiger partial charge < -0.3 is 9.47 Å². The molecule has 0 amide bonds. The van der Waals surface area contributed by atoms with Crippen molar-refractivity contribution in [2.24, 2.45) is 5.92 Å². The van der Waals surface area contributed by atoms with Crippen molar-refractivity contribution in [1.82, 2.24) is 9.97 Å². The van der Waals surface area contributed by atoms with Gasteiger partial charge in [0.15, 0.2) is 5.82 Å². The highest BCUT2D eigenvalue weighted by atomic mass is 16.5. The summed E-state index contributed by atoms with van der Waals surface area (Å²) in [5.74, 6) is 2.02. The van der Waals surface area contributed by atoms with Crippen LogP contribution < -0.4 is 4.74 Å². The number of benzene rings is 1. The molecular formula is C18H20N2O2. The van der Waals surface area contributed by atoms with Crippen LogP contribution in [0.3, 0.4) is 0 Å². The molecule has 0 radical (unpaired) electrons. The maximum Gasteiger partial charge on any atom is 0.154 e. The van der Waals surface area contributed by atoms with Crippen LogP contribution in [0.15, 0.2) is 43.2 Å². The number of para-hydroxylation sites is 1. The van der Waals surface area contributed by atoms with Gasteiger partial charge in [0, 0.05) is 36.0 Å². The van der Waals surface area contributed by atoms with E-state index in [0.717, 1.165) is 42.1 Å². The quantitative estimate of drug-likeness (QED) is 0.845. The molecule has 0 aliphatic carbocycles. The van der Waals surface area contributed by atoms with Crippen LogP contribution in [-0.4, -0.2) is 29.8 Å². The molecule has 1 saturated heterocycles. The fourth-order valence-electron chi connectivity index (χ4n) is 2.44. The predicted molar refractivity (Wildman–Crippen MR) is 86.6 cm³/mol. The van der Waals surface area contributed by atoms with Crippen LogP contribution in [0, 0.1) is 5.92 Å². The predicted octanol–water partition coefficient (Wildman–Crippen LogP) is 3.59. The zero-order valence-corrected chi connectivity index (χ0v) is 12.8. The van der Waals surface area contributed by atoms with Gasteiger partial charge in [0.1, 0.15) is 5.75 Å². The Morgan fingerprint density at radius 1 is 1.32 bits per heavy atom. The fourth-order valence-corrected chi connectivity index (χ4v) is 2.44. The van der Waals surface area contributed by atoms with E-state index in [1.807, 2.05) is 43.6 Å². The first-order chi connectivity index (χ1) is 10.7. The molecule has 4 nitrogen and oxygen atoms in total. The molecule has 3 rings (SSSR count). The summed E-state index contributed by atoms with van der Waals surface area (Å²) in [6.07, 6.45) is 4.70. The summed E-state index contributed by atoms with van der Waals surface area (Å²) in [7, 11) is 0. The second kappa shape index (κ2) is 6.71. The van der Waals surface area contributed by atoms with Crippen molar-refractivity contribution in [3.63, 3.8) is 0 Å². The van der Waals surface area contributed by atoms with E-state index >= 15 is 0 Å². The van der Waals surface area contributed by atoms with Crippen molar-refractivity contribution in [2.45, 2.75) is 13.3 Å². The van der Waals surface area contributed by atoms with Crippen molar-refractivity contribution in [1.29, 1.82) is 0 Å². The minimum atomic E-state index is 0.482. The first-order valence-electron chi connectivity index (χ1n) is 7.52. The number of ether oxygens (including phenoxy) is 2. The van der Waals surface area contributed by atoms with Crippen molar-refractivity contribution >= 4 is 5.57 Å². The van der Waals surface area contributed by atoms with Crippen LogP contribution >= 0.6 is 0 Å². The molecule has 2 heterocycles. The third-order valence-corrected chi connectivity index (χ3v) is 3.73. The molecule has 1 aliphatic rings. The standard InChI is InChI=1S/C18H20N2O2/c1-13(2)18-19-9-15(10-20-18)16-5-3-4-6-17(16)22-12-14-7-8-21-11-14/h3-6,9-10,14H,1,7-8,11-12H2,2H3. The third-order valence-electron chi connectivity index (χ3n) is 3.73. The summed E-state index contributed by atoms with van der Waals surface area (Å²) in [5.41, 5.74) is 2.82. The first kappa shape index (κ1) is 14.7. The van der Waals surface area contributed by atoms with Gasteiger partial charge in [0.05, 0.1) is 13.2 Å². The average molecular weight is 296 g/mol. The second-order valence-electron chi connectivity index (χ2n) is 5.61. The van der Waals surface area contributed by atoms with Gasteiger partial charge >= 0.3 is 0 Å². The lowest BCUT2D eigenvalue weighted by Gasteiger charge is -2.14. The Bertz CT molecular complexity index is 646. The minimum absolute atomic E-state index is 0.482. The van der Waals surface area contributed by atoms with Crippen molar-refractivity contribution in [3.05, 3.63) is 49.1 Å². The lowest BCUT2D eigenvalue weighted by molar-refractivity contribution is 0.167. The highest BCUT2D eigenvalue weighted by molar-refractivity contribution is 5.69. The van der Waals surface area contributed by atoms with Gasteiger partial charge in [-0.2, -0.15) is 0 Å². The van der Waals surface area contributed by atoms with Gasteiger partial charge in [-0.15, -0.1) is 0 Å². The molecule has 1 aromatic heterocycles. The van der Waals surface area contributed by atoms with E-state index in [1.54, 1.807) is 0 Å². The van der Waals surface area contributed by atoms with Gasteiger partial charge in [-0.3, -0.25) is 0 Å². The maximum atomic E-state index is 6.00. The normalized spacial score (nSPS) is 17.4. The molecule has 1 fully saturated rings. The van der Waals surface area contributed by atoms with E-state index in [4.69, 9.17) is 9.47 Å². The van der Waals surface area contributed by atoms with E-state index in [9.17, 15) is 0 Å². The number of hydrogen-bond acceptors (Lipinski definition) is 4. The molecule has 2 aromatic rings. The summed E-state index contributed by atoms with van der Waals surface area (Å²) in [6, 6.07) is 7.98. The van der Waals surface area contributed by atoms with Crippen LogP contribution in [0.2, 0.25) is 0 Å². The average Bonchev–Trinajstić information content (AvgIpc) is 3.07. The number of aromatic nitrogens is 2. The zero-order valence-electron chi connectivity index (χ0n) is 12.8. The van der Waals surface area contributed by atoms with E-state index in [2.05, 4.69) is 16.5 Å². The topological polar surface area (TPSA) is 44.2 Å². The summed E-state index contributed by atoms with van der Waals surface area (Å²) < 4.78 is 11.4. The fraction of sp³-hybridized carbons (Fsp3) is 0.333. The Labute approximate surface area is 130 Å². The minimum Gasteiger partial charge on any atom is -0.493 e. The third kappa shape index (κ3) is 3.34. The van der Waals surface area contributed by atoms with Gasteiger partial charge in [-0.1, -0.05) is 24.8 Å². The highest BCUT2D eigenvalue weighted by Crippen LogP contribution is 2.30. The molecule has 0 N–H and O–H groups in total. The zero-order chi connectivity index (χ0) is 15.4. The molecule has 1 unspecified atom stereocenters. The molecule has 114 valence electrons. The van der Waals surface area contributed by atoms with Crippen LogP contribution in [0.4, 0.5) is 0 Å². The lowest BCUT2D eigenvalue weighted by Crippen LogP contribution is -2.12. The van der Waals surface area contributed by atoms with Crippen LogP contribution in [0.25, 0.3) is 16.7 Å². The number of nitrogens with zero attached hydrogens (tertiary/aromatic N) is 2. The molecular weight excluding hydrogens is 276 g/mol. The Morgan fingerprint density at radius 3 is 2.77 bits per heavy atom. The summed E-state index contributed by atoms with van der Waals surface area (Å²) >= 11 is 0. The molecule has 1 atom stereocenters. The first-order valence-corrected chi connectivity index (χ1v) is 7.52. The largest absolute Gasteiger partial charge is 0.493 e. The van der Waals surface area contributed by atoms with E-state index < -0.39 is 0 Å². The van der Waals surface area contributed by atoms with E-state index in [0.29, 0.717) is 18.3 Å². The summed E-state index contributed by atoms with van der Waals surface area (Å²) in [5, 5.41) is 0. The number of allylic oxidation sites excluding steroid dienone is 1. The van der Waals surface area contributed by atoms with Crippen molar-refractivity contribution < 1.29 is 9.47 Å². The summed E-state index contributed by atoms with van der Waals surface area (Å²) in [6.45, 7) is 8.07. The van der Waals surface area contributed by atoms with Crippen LogP contribution in [0.5, 0.6) is 5.75 Å².